The Hall–Kier alpha value is -6.84. The van der Waals surface area contributed by atoms with Crippen LogP contribution in [0.4, 0.5) is 11.4 Å². The Kier molecular flexibility index (Phi) is 26.9. The van der Waals surface area contributed by atoms with Crippen LogP contribution in [-0.4, -0.2) is 59.8 Å². The Morgan fingerprint density at radius 1 is 0.471 bits per heavy atom. The van der Waals surface area contributed by atoms with Crippen molar-refractivity contribution in [1.82, 2.24) is 9.97 Å². The van der Waals surface area contributed by atoms with Gasteiger partial charge in [0.05, 0.1) is 76.7 Å². The second-order valence-corrected chi connectivity index (χ2v) is 25.2. The highest BCUT2D eigenvalue weighted by Gasteiger charge is 2.37. The van der Waals surface area contributed by atoms with Gasteiger partial charge in [0, 0.05) is 11.4 Å². The number of esters is 4. The summed E-state index contributed by atoms with van der Waals surface area (Å²) in [5.41, 5.74) is 19.1. The maximum atomic E-state index is 13.8. The molecule has 6 unspecified atom stereocenters. The monoisotopic (exact) mass is 1170 g/mol. The van der Waals surface area contributed by atoms with Gasteiger partial charge in [0.15, 0.2) is 0 Å². The zero-order valence-electron chi connectivity index (χ0n) is 53.8. The smallest absolute Gasteiger partial charge is 0.338 e. The molecule has 1 aromatic heterocycles. The van der Waals surface area contributed by atoms with Crippen molar-refractivity contribution in [3.63, 3.8) is 0 Å². The molecule has 16 heteroatoms. The first-order valence-electron chi connectivity index (χ1n) is 31.7. The van der Waals surface area contributed by atoms with Crippen LogP contribution in [0.15, 0.2) is 115 Å². The normalized spacial score (nSPS) is 17.1. The summed E-state index contributed by atoms with van der Waals surface area (Å²) < 4.78 is 23.5. The highest BCUT2D eigenvalue weighted by atomic mass is 16.5. The number of carbonyl (C=O) groups is 4. The molecule has 5 rings (SSSR count). The second-order valence-electron chi connectivity index (χ2n) is 25.2. The molecule has 0 aliphatic heterocycles. The highest BCUT2D eigenvalue weighted by molar-refractivity contribution is 5.97. The number of hydrogen-bond donors (Lipinski definition) is 2. The van der Waals surface area contributed by atoms with E-state index < -0.39 is 46.5 Å². The largest absolute Gasteiger partial charge is 0.462 e. The Bertz CT molecular complexity index is 2890. The van der Waals surface area contributed by atoms with E-state index in [9.17, 15) is 19.2 Å². The fourth-order valence-electron chi connectivity index (χ4n) is 10.5. The van der Waals surface area contributed by atoms with Crippen LogP contribution >= 0.6 is 0 Å². The third-order valence-electron chi connectivity index (χ3n) is 16.3. The van der Waals surface area contributed by atoms with Crippen molar-refractivity contribution in [2.45, 2.75) is 218 Å². The predicted molar refractivity (Wildman–Crippen MR) is 337 cm³/mol. The number of rotatable bonds is 33. The van der Waals surface area contributed by atoms with E-state index in [1.54, 1.807) is 24.3 Å². The molecular formula is C69H100N8O8. The van der Waals surface area contributed by atoms with Gasteiger partial charge in [-0.3, -0.25) is 0 Å². The summed E-state index contributed by atoms with van der Waals surface area (Å²) in [6, 6.07) is 11.2. The molecule has 2 aliphatic carbocycles. The molecule has 0 bridgehead atoms. The van der Waals surface area contributed by atoms with E-state index in [1.807, 2.05) is 25.1 Å². The molecular weight excluding hydrogens is 1070 g/mol. The van der Waals surface area contributed by atoms with Crippen molar-refractivity contribution in [3.8, 4) is 0 Å². The van der Waals surface area contributed by atoms with E-state index >= 15 is 0 Å². The molecule has 0 fully saturated rings. The third-order valence-corrected chi connectivity index (χ3v) is 16.3. The molecule has 4 N–H and O–H groups in total. The lowest BCUT2D eigenvalue weighted by Crippen LogP contribution is -2.18. The predicted octanol–water partition coefficient (Wildman–Crippen LogP) is 17.8. The number of hydrogen-bond acceptors (Lipinski definition) is 16. The van der Waals surface area contributed by atoms with Crippen LogP contribution < -0.4 is 11.5 Å². The Labute approximate surface area is 507 Å². The van der Waals surface area contributed by atoms with Gasteiger partial charge in [-0.05, 0) is 114 Å². The Morgan fingerprint density at radius 3 is 1.13 bits per heavy atom. The molecule has 3 aromatic rings. The molecule has 0 saturated heterocycles. The van der Waals surface area contributed by atoms with E-state index in [-0.39, 0.29) is 77.3 Å². The quantitative estimate of drug-likeness (QED) is 0.0329. The number of ether oxygens (including phenoxy) is 4. The number of azo groups is 2. The lowest BCUT2D eigenvalue weighted by Gasteiger charge is -2.21. The number of aromatic nitrogens is 2. The molecule has 16 nitrogen and oxygen atoms in total. The summed E-state index contributed by atoms with van der Waals surface area (Å²) in [6.07, 6.45) is 20.3. The summed E-state index contributed by atoms with van der Waals surface area (Å²) in [4.78, 5) is 64.5. The molecule has 0 spiro atoms. The lowest BCUT2D eigenvalue weighted by atomic mass is 9.85. The van der Waals surface area contributed by atoms with Gasteiger partial charge in [-0.25, -0.2) is 29.1 Å². The fraction of sp³-hybridized carbons (Fsp3) is 0.594. The summed E-state index contributed by atoms with van der Waals surface area (Å²) >= 11 is 0. The third kappa shape index (κ3) is 19.9. The maximum Gasteiger partial charge on any atom is 0.338 e. The fourth-order valence-corrected chi connectivity index (χ4v) is 10.5. The first-order valence-corrected chi connectivity index (χ1v) is 31.7. The molecule has 464 valence electrons. The number of benzene rings is 2. The van der Waals surface area contributed by atoms with E-state index in [2.05, 4.69) is 100 Å². The van der Waals surface area contributed by atoms with E-state index in [4.69, 9.17) is 50.6 Å². The summed E-state index contributed by atoms with van der Waals surface area (Å²) in [5, 5.41) is 18.9. The van der Waals surface area contributed by atoms with Gasteiger partial charge >= 0.3 is 23.9 Å². The molecule has 85 heavy (non-hydrogen) atoms. The first kappa shape index (κ1) is 68.9. The zero-order chi connectivity index (χ0) is 62.4. The minimum atomic E-state index is -0.556. The van der Waals surface area contributed by atoms with E-state index in [0.29, 0.717) is 40.6 Å². The average molecular weight is 1170 g/mol. The van der Waals surface area contributed by atoms with Crippen molar-refractivity contribution in [2.24, 2.45) is 60.5 Å². The SMILES string of the molecule is CCCCC(CC)COC(=O)c1cc(/N=N/C2=C(N)C(c3cc(C4C=C(C(C)(C)C)C(/N=N/c5cc(C(=O)OCC(CC)CCCC)cc(C(=O)OC(CC)CCCC)c5)=C4N)ncn3)C=C2C(C)(C)C)cc(C(=O)OCC(CC)CCCC)c1. The topological polar surface area (TPSA) is 232 Å². The Morgan fingerprint density at radius 2 is 0.812 bits per heavy atom. The molecule has 0 radical (unpaired) electrons. The summed E-state index contributed by atoms with van der Waals surface area (Å²) in [7, 11) is 0. The van der Waals surface area contributed by atoms with E-state index in [1.165, 1.54) is 18.5 Å². The van der Waals surface area contributed by atoms with Gasteiger partial charge in [0.1, 0.15) is 23.8 Å². The summed E-state index contributed by atoms with van der Waals surface area (Å²) in [5.74, 6) is -2.62. The number of allylic oxidation sites excluding steroid dienone is 4. The lowest BCUT2D eigenvalue weighted by molar-refractivity contribution is 0.0267. The van der Waals surface area contributed by atoms with Gasteiger partial charge < -0.3 is 30.4 Å². The van der Waals surface area contributed by atoms with Gasteiger partial charge in [-0.2, -0.15) is 10.2 Å². The van der Waals surface area contributed by atoms with Gasteiger partial charge in [-0.15, -0.1) is 10.2 Å². The standard InChI is InChI=1S/C69H100N8O8/c1-15-23-27-44(19-5)40-82-64(78)47-31-48(65(79)83-41-45(20-6)28-24-16-2)34-51(33-47)74-76-62-56(68(9,10)11)37-54(60(62)70)58-39-59(73-43-72-58)55-38-57(69(12,13)14)63(61(55)71)77-75-52-35-49(66(80)84-42-46(21-7)29-25-17-3)32-50(36-52)67(81)85-53(22-8)30-26-18-4/h31-39,43-46,53-55H,15-30,40-42,70-71H2,1-14H3/b76-74+,77-75+. The average Bonchev–Trinajstić information content (AvgIpc) is 4.27. The van der Waals surface area contributed by atoms with Crippen LogP contribution in [0, 0.1) is 28.6 Å². The number of carbonyl (C=O) groups excluding carboxylic acids is 4. The van der Waals surface area contributed by atoms with Gasteiger partial charge in [-0.1, -0.05) is 180 Å². The minimum Gasteiger partial charge on any atom is -0.462 e. The van der Waals surface area contributed by atoms with Crippen molar-refractivity contribution >= 4 is 35.3 Å². The van der Waals surface area contributed by atoms with Crippen molar-refractivity contribution < 1.29 is 38.1 Å². The Balaban J connectivity index is 1.52. The second kappa shape index (κ2) is 33.2. The van der Waals surface area contributed by atoms with Gasteiger partial charge in [0.25, 0.3) is 0 Å². The minimum absolute atomic E-state index is 0.171. The number of nitrogens with two attached hydrogens (primary N) is 2. The van der Waals surface area contributed by atoms with E-state index in [0.717, 1.165) is 107 Å². The molecule has 6 atom stereocenters. The van der Waals surface area contributed by atoms with Crippen LogP contribution in [0.5, 0.6) is 0 Å². The molecule has 0 saturated carbocycles. The number of nitrogens with zero attached hydrogens (tertiary/aromatic N) is 6. The van der Waals surface area contributed by atoms with Crippen LogP contribution in [0.2, 0.25) is 0 Å². The maximum absolute atomic E-state index is 13.8. The highest BCUT2D eigenvalue weighted by Crippen LogP contribution is 2.47. The van der Waals surface area contributed by atoms with Crippen molar-refractivity contribution in [1.29, 1.82) is 0 Å². The molecule has 1 heterocycles. The molecule has 2 aliphatic rings. The number of unbranched alkanes of at least 4 members (excludes halogenated alkanes) is 4. The van der Waals surface area contributed by atoms with Crippen LogP contribution in [0.25, 0.3) is 0 Å². The van der Waals surface area contributed by atoms with Crippen molar-refractivity contribution in [3.05, 3.63) is 129 Å². The van der Waals surface area contributed by atoms with Crippen LogP contribution in [0.1, 0.15) is 264 Å². The molecule has 2 aromatic carbocycles. The van der Waals surface area contributed by atoms with Crippen molar-refractivity contribution in [2.75, 3.05) is 19.8 Å². The molecule has 0 amide bonds. The van der Waals surface area contributed by atoms with Crippen LogP contribution in [0.3, 0.4) is 0 Å². The first-order chi connectivity index (χ1) is 40.5. The summed E-state index contributed by atoms with van der Waals surface area (Å²) in [6.45, 7) is 30.0. The zero-order valence-corrected chi connectivity index (χ0v) is 53.8. The van der Waals surface area contributed by atoms with Gasteiger partial charge in [0.2, 0.25) is 0 Å². The van der Waals surface area contributed by atoms with Crippen LogP contribution in [-0.2, 0) is 18.9 Å².